The molecule has 46 heavy (non-hydrogen) atoms. The molecule has 3 atom stereocenters. The molecule has 0 radical (unpaired) electrons. The predicted molar refractivity (Wildman–Crippen MR) is 208 cm³/mol. The molecule has 1 aromatic carbocycles. The molecule has 0 saturated carbocycles. The highest BCUT2D eigenvalue weighted by Crippen LogP contribution is 2.45. The van der Waals surface area contributed by atoms with Crippen LogP contribution in [0.15, 0.2) is 0 Å². The molecule has 3 unspecified atom stereocenters. The molecule has 0 aliphatic carbocycles. The summed E-state index contributed by atoms with van der Waals surface area (Å²) in [5.41, 5.74) is 5.02. The van der Waals surface area contributed by atoms with Gasteiger partial charge >= 0.3 is 8.56 Å². The Bertz CT molecular complexity index is 1060. The molecular weight excluding hydrogens is 617 g/mol. The second-order valence-corrected chi connectivity index (χ2v) is 30.8. The largest absolute Gasteiger partial charge is 0.493 e. The fourth-order valence-corrected chi connectivity index (χ4v) is 20.0. The first-order chi connectivity index (χ1) is 21.1. The van der Waals surface area contributed by atoms with Gasteiger partial charge in [0.2, 0.25) is 0 Å². The van der Waals surface area contributed by atoms with E-state index in [1.54, 1.807) is 0 Å². The number of hydrogen-bond donors (Lipinski definition) is 0. The standard InChI is InChI=1S/C39H76O4Si3/c1-30(2)20-16-21-31(3)22-17-23-32(4)24-18-26-39(8)27-25-36-35(7)37(33(5)34(6)38(36)41-39)40-28-19-29-46(15,42-44(9,10)11)43-45(12,13)14/h30-32H,16-29H2,1-15H3. The Morgan fingerprint density at radius 2 is 1.22 bits per heavy atom. The normalized spacial score (nSPS) is 18.8. The number of benzene rings is 1. The molecule has 1 aliphatic rings. The van der Waals surface area contributed by atoms with Gasteiger partial charge in [0.15, 0.2) is 16.6 Å². The summed E-state index contributed by atoms with van der Waals surface area (Å²) in [5, 5.41) is 0. The van der Waals surface area contributed by atoms with Gasteiger partial charge in [-0.05, 0) is 146 Å². The Morgan fingerprint density at radius 3 is 1.74 bits per heavy atom. The van der Waals surface area contributed by atoms with Crippen LogP contribution in [0, 0.1) is 38.5 Å². The minimum atomic E-state index is -2.25. The van der Waals surface area contributed by atoms with Gasteiger partial charge in [-0.15, -0.1) is 0 Å². The van der Waals surface area contributed by atoms with Crippen molar-refractivity contribution in [3.8, 4) is 11.5 Å². The SMILES string of the molecule is Cc1c(C)c2c(c(C)c1OCCC[Si](C)(O[Si](C)(C)C)O[Si](C)(C)C)CCC(C)(CCCC(C)CCCC(C)CCCC(C)C)O2. The molecule has 0 aromatic heterocycles. The van der Waals surface area contributed by atoms with E-state index < -0.39 is 25.2 Å². The van der Waals surface area contributed by atoms with E-state index in [2.05, 4.69) is 101 Å². The lowest BCUT2D eigenvalue weighted by Crippen LogP contribution is -2.52. The van der Waals surface area contributed by atoms with Crippen molar-refractivity contribution in [2.75, 3.05) is 6.61 Å². The highest BCUT2D eigenvalue weighted by molar-refractivity contribution is 6.87. The maximum Gasteiger partial charge on any atom is 0.314 e. The molecular formula is C39H76O4Si3. The fourth-order valence-electron chi connectivity index (χ4n) is 7.46. The van der Waals surface area contributed by atoms with Crippen molar-refractivity contribution in [1.82, 2.24) is 0 Å². The van der Waals surface area contributed by atoms with Gasteiger partial charge in [-0.2, -0.15) is 0 Å². The number of ether oxygens (including phenoxy) is 2. The molecule has 0 fully saturated rings. The van der Waals surface area contributed by atoms with Gasteiger partial charge in [0.25, 0.3) is 0 Å². The molecule has 0 N–H and O–H groups in total. The first kappa shape index (κ1) is 41.6. The summed E-state index contributed by atoms with van der Waals surface area (Å²) in [6.45, 7) is 35.2. The van der Waals surface area contributed by atoms with E-state index in [9.17, 15) is 0 Å². The molecule has 268 valence electrons. The minimum absolute atomic E-state index is 0.0779. The fraction of sp³-hybridized carbons (Fsp3) is 0.846. The first-order valence-corrected chi connectivity index (χ1v) is 28.3. The molecule has 1 aliphatic heterocycles. The summed E-state index contributed by atoms with van der Waals surface area (Å²) in [4.78, 5) is 0. The Kier molecular flexibility index (Phi) is 16.1. The van der Waals surface area contributed by atoms with E-state index in [0.717, 1.165) is 61.0 Å². The third-order valence-corrected chi connectivity index (χ3v) is 19.5. The van der Waals surface area contributed by atoms with Crippen LogP contribution in [0.4, 0.5) is 0 Å². The van der Waals surface area contributed by atoms with Crippen LogP contribution in [0.25, 0.3) is 0 Å². The van der Waals surface area contributed by atoms with Crippen LogP contribution in [-0.4, -0.2) is 37.4 Å². The molecule has 2 rings (SSSR count). The van der Waals surface area contributed by atoms with Crippen molar-refractivity contribution in [2.45, 2.75) is 190 Å². The molecule has 0 amide bonds. The third-order valence-electron chi connectivity index (χ3n) is 9.90. The zero-order valence-electron chi connectivity index (χ0n) is 33.3. The molecule has 0 saturated heterocycles. The maximum absolute atomic E-state index is 6.90. The van der Waals surface area contributed by atoms with Gasteiger partial charge in [0.1, 0.15) is 17.1 Å². The van der Waals surface area contributed by atoms with Crippen LogP contribution in [-0.2, 0) is 14.7 Å². The zero-order valence-corrected chi connectivity index (χ0v) is 36.3. The Hall–Kier alpha value is -0.609. The van der Waals surface area contributed by atoms with Crippen molar-refractivity contribution in [1.29, 1.82) is 0 Å². The van der Waals surface area contributed by atoms with Crippen LogP contribution in [0.1, 0.15) is 128 Å². The van der Waals surface area contributed by atoms with E-state index in [0.29, 0.717) is 6.61 Å². The summed E-state index contributed by atoms with van der Waals surface area (Å²) < 4.78 is 26.9. The van der Waals surface area contributed by atoms with Crippen LogP contribution < -0.4 is 9.47 Å². The molecule has 0 spiro atoms. The lowest BCUT2D eigenvalue weighted by atomic mass is 9.83. The summed E-state index contributed by atoms with van der Waals surface area (Å²) in [6.07, 6.45) is 15.1. The summed E-state index contributed by atoms with van der Waals surface area (Å²) in [7, 11) is -5.64. The van der Waals surface area contributed by atoms with Crippen LogP contribution in [0.2, 0.25) is 51.9 Å². The zero-order chi connectivity index (χ0) is 34.9. The van der Waals surface area contributed by atoms with Crippen molar-refractivity contribution < 1.29 is 17.7 Å². The Morgan fingerprint density at radius 1 is 0.696 bits per heavy atom. The van der Waals surface area contributed by atoms with E-state index in [4.69, 9.17) is 17.7 Å². The van der Waals surface area contributed by atoms with Gasteiger partial charge in [-0.3, -0.25) is 0 Å². The van der Waals surface area contributed by atoms with Crippen molar-refractivity contribution in [2.24, 2.45) is 17.8 Å². The lowest BCUT2D eigenvalue weighted by Gasteiger charge is -2.39. The molecule has 1 heterocycles. The quantitative estimate of drug-likeness (QED) is 0.0949. The van der Waals surface area contributed by atoms with E-state index in [1.165, 1.54) is 73.6 Å². The van der Waals surface area contributed by atoms with E-state index >= 15 is 0 Å². The second-order valence-electron chi connectivity index (χ2n) is 17.9. The Balaban J connectivity index is 1.91. The minimum Gasteiger partial charge on any atom is -0.493 e. The number of hydrogen-bond acceptors (Lipinski definition) is 4. The van der Waals surface area contributed by atoms with Crippen LogP contribution >= 0.6 is 0 Å². The van der Waals surface area contributed by atoms with Gasteiger partial charge < -0.3 is 17.7 Å². The predicted octanol–water partition coefficient (Wildman–Crippen LogP) is 12.7. The summed E-state index contributed by atoms with van der Waals surface area (Å²) >= 11 is 0. The number of rotatable bonds is 21. The van der Waals surface area contributed by atoms with Crippen LogP contribution in [0.3, 0.4) is 0 Å². The average molecular weight is 693 g/mol. The number of fused-ring (bicyclic) bond motifs is 1. The Labute approximate surface area is 290 Å². The van der Waals surface area contributed by atoms with E-state index in [1.807, 2.05) is 0 Å². The van der Waals surface area contributed by atoms with Gasteiger partial charge in [0.05, 0.1) is 6.61 Å². The van der Waals surface area contributed by atoms with Crippen molar-refractivity contribution in [3.63, 3.8) is 0 Å². The van der Waals surface area contributed by atoms with Crippen molar-refractivity contribution >= 4 is 25.2 Å². The average Bonchev–Trinajstić information content (AvgIpc) is 2.89. The second kappa shape index (κ2) is 17.9. The maximum atomic E-state index is 6.90. The topological polar surface area (TPSA) is 36.9 Å². The van der Waals surface area contributed by atoms with Gasteiger partial charge in [-0.1, -0.05) is 72.6 Å². The van der Waals surface area contributed by atoms with Crippen LogP contribution in [0.5, 0.6) is 11.5 Å². The lowest BCUT2D eigenvalue weighted by molar-refractivity contribution is 0.0511. The van der Waals surface area contributed by atoms with Gasteiger partial charge in [0, 0.05) is 5.56 Å². The molecule has 7 heteroatoms. The van der Waals surface area contributed by atoms with Gasteiger partial charge in [-0.25, -0.2) is 0 Å². The highest BCUT2D eigenvalue weighted by Gasteiger charge is 2.40. The first-order valence-electron chi connectivity index (χ1n) is 19.0. The van der Waals surface area contributed by atoms with Crippen molar-refractivity contribution in [3.05, 3.63) is 22.3 Å². The third kappa shape index (κ3) is 14.5. The molecule has 1 aromatic rings. The van der Waals surface area contributed by atoms with E-state index in [-0.39, 0.29) is 5.60 Å². The summed E-state index contributed by atoms with van der Waals surface area (Å²) in [5.74, 6) is 4.71. The molecule has 4 nitrogen and oxygen atoms in total. The smallest absolute Gasteiger partial charge is 0.314 e. The highest BCUT2D eigenvalue weighted by atomic mass is 28.5. The molecule has 0 bridgehead atoms. The summed E-state index contributed by atoms with van der Waals surface area (Å²) in [6, 6.07) is 0.973. The monoisotopic (exact) mass is 693 g/mol.